The van der Waals surface area contributed by atoms with Gasteiger partial charge in [0.1, 0.15) is 0 Å². The van der Waals surface area contributed by atoms with Crippen LogP contribution >= 0.6 is 0 Å². The zero-order valence-electron chi connectivity index (χ0n) is 16.1. The van der Waals surface area contributed by atoms with Gasteiger partial charge >= 0.3 is 0 Å². The minimum atomic E-state index is -0.310. The van der Waals surface area contributed by atoms with E-state index < -0.39 is 0 Å². The van der Waals surface area contributed by atoms with Gasteiger partial charge in [0.15, 0.2) is 11.6 Å². The monoisotopic (exact) mass is 354 g/mol. The minimum Gasteiger partial charge on any atom is -0.494 e. The van der Waals surface area contributed by atoms with Gasteiger partial charge in [0.25, 0.3) is 0 Å². The van der Waals surface area contributed by atoms with Crippen LogP contribution in [0.3, 0.4) is 0 Å². The van der Waals surface area contributed by atoms with Gasteiger partial charge in [-0.1, -0.05) is 62.9 Å². The van der Waals surface area contributed by atoms with Crippen LogP contribution in [0.1, 0.15) is 69.8 Å². The molecular weight excluding hydrogens is 323 g/mol. The molecule has 26 heavy (non-hydrogen) atoms. The van der Waals surface area contributed by atoms with Gasteiger partial charge in [0, 0.05) is 0 Å². The molecule has 1 aliphatic rings. The summed E-state index contributed by atoms with van der Waals surface area (Å²) in [6, 6.07) is 13.9. The number of halogens is 1. The van der Waals surface area contributed by atoms with E-state index in [1.807, 2.05) is 6.07 Å². The van der Waals surface area contributed by atoms with Crippen LogP contribution in [0, 0.1) is 11.7 Å². The van der Waals surface area contributed by atoms with Crippen LogP contribution in [0.25, 0.3) is 11.1 Å². The van der Waals surface area contributed by atoms with Crippen LogP contribution in [-0.4, -0.2) is 7.11 Å². The van der Waals surface area contributed by atoms with Crippen molar-refractivity contribution >= 4 is 0 Å². The zero-order chi connectivity index (χ0) is 18.4. The SMILES string of the molecule is CCCCCC1CCC(c2ccc(-c3ccc(OC)c(F)c3)cc2)CC1. The zero-order valence-corrected chi connectivity index (χ0v) is 16.1. The maximum Gasteiger partial charge on any atom is 0.165 e. The van der Waals surface area contributed by atoms with Gasteiger partial charge in [-0.05, 0) is 66.3 Å². The maximum atomic E-state index is 13.9. The first-order chi connectivity index (χ1) is 12.7. The van der Waals surface area contributed by atoms with Crippen LogP contribution in [0.4, 0.5) is 4.39 Å². The second-order valence-electron chi connectivity index (χ2n) is 7.68. The van der Waals surface area contributed by atoms with Crippen molar-refractivity contribution in [1.29, 1.82) is 0 Å². The summed E-state index contributed by atoms with van der Waals surface area (Å²) in [4.78, 5) is 0. The highest BCUT2D eigenvalue weighted by Crippen LogP contribution is 2.38. The number of benzene rings is 2. The van der Waals surface area contributed by atoms with Crippen molar-refractivity contribution in [2.24, 2.45) is 5.92 Å². The maximum absolute atomic E-state index is 13.9. The third kappa shape index (κ3) is 4.66. The molecule has 0 amide bonds. The number of ether oxygens (including phenoxy) is 1. The summed E-state index contributed by atoms with van der Waals surface area (Å²) in [5, 5.41) is 0. The Bertz CT molecular complexity index is 684. The van der Waals surface area contributed by atoms with Crippen molar-refractivity contribution < 1.29 is 9.13 Å². The molecule has 1 nitrogen and oxygen atoms in total. The van der Waals surface area contributed by atoms with Gasteiger partial charge in [0.05, 0.1) is 7.11 Å². The Morgan fingerprint density at radius 3 is 2.23 bits per heavy atom. The summed E-state index contributed by atoms with van der Waals surface area (Å²) in [6.45, 7) is 2.28. The summed E-state index contributed by atoms with van der Waals surface area (Å²) >= 11 is 0. The first-order valence-electron chi connectivity index (χ1n) is 10.1. The Kier molecular flexibility index (Phi) is 6.71. The molecule has 0 aliphatic heterocycles. The Balaban J connectivity index is 1.59. The molecule has 1 aliphatic carbocycles. The molecule has 0 saturated heterocycles. The van der Waals surface area contributed by atoms with E-state index in [1.54, 1.807) is 12.1 Å². The number of rotatable bonds is 7. The Hall–Kier alpha value is -1.83. The highest BCUT2D eigenvalue weighted by Gasteiger charge is 2.22. The average Bonchev–Trinajstić information content (AvgIpc) is 2.69. The molecule has 0 atom stereocenters. The summed E-state index contributed by atoms with van der Waals surface area (Å²) in [6.07, 6.45) is 10.9. The number of hydrogen-bond acceptors (Lipinski definition) is 1. The fraction of sp³-hybridized carbons (Fsp3) is 0.500. The molecule has 1 fully saturated rings. The lowest BCUT2D eigenvalue weighted by atomic mass is 9.77. The molecule has 0 N–H and O–H groups in total. The summed E-state index contributed by atoms with van der Waals surface area (Å²) in [7, 11) is 1.49. The molecule has 0 heterocycles. The van der Waals surface area contributed by atoms with Crippen LogP contribution in [0.5, 0.6) is 5.75 Å². The van der Waals surface area contributed by atoms with E-state index in [0.717, 1.165) is 17.0 Å². The van der Waals surface area contributed by atoms with E-state index in [2.05, 4.69) is 31.2 Å². The highest BCUT2D eigenvalue weighted by molar-refractivity contribution is 5.64. The first kappa shape index (κ1) is 18.9. The molecular formula is C24H31FO. The van der Waals surface area contributed by atoms with Gasteiger partial charge in [0.2, 0.25) is 0 Å². The molecule has 2 aromatic rings. The van der Waals surface area contributed by atoms with Crippen molar-refractivity contribution in [2.45, 2.75) is 64.2 Å². The fourth-order valence-electron chi connectivity index (χ4n) is 4.26. The van der Waals surface area contributed by atoms with Crippen molar-refractivity contribution in [3.8, 4) is 16.9 Å². The van der Waals surface area contributed by atoms with E-state index in [-0.39, 0.29) is 5.82 Å². The summed E-state index contributed by atoms with van der Waals surface area (Å²) < 4.78 is 18.9. The predicted octanol–water partition coefficient (Wildman–Crippen LogP) is 7.36. The van der Waals surface area contributed by atoms with Crippen LogP contribution in [0.15, 0.2) is 42.5 Å². The molecule has 2 aromatic carbocycles. The van der Waals surface area contributed by atoms with Gasteiger partial charge in [-0.15, -0.1) is 0 Å². The molecule has 0 aromatic heterocycles. The van der Waals surface area contributed by atoms with Crippen molar-refractivity contribution in [3.05, 3.63) is 53.8 Å². The standard InChI is InChI=1S/C24H31FO/c1-3-4-5-6-18-7-9-19(10-8-18)20-11-13-21(14-12-20)22-15-16-24(26-2)23(25)17-22/h11-19H,3-10H2,1-2H3. The third-order valence-corrected chi connectivity index (χ3v) is 5.93. The molecule has 1 saturated carbocycles. The molecule has 0 radical (unpaired) electrons. The largest absolute Gasteiger partial charge is 0.494 e. The van der Waals surface area contributed by atoms with Crippen molar-refractivity contribution in [3.63, 3.8) is 0 Å². The van der Waals surface area contributed by atoms with E-state index in [0.29, 0.717) is 11.7 Å². The minimum absolute atomic E-state index is 0.293. The van der Waals surface area contributed by atoms with Crippen LogP contribution in [0.2, 0.25) is 0 Å². The van der Waals surface area contributed by atoms with Crippen molar-refractivity contribution in [2.75, 3.05) is 7.11 Å². The van der Waals surface area contributed by atoms with E-state index >= 15 is 0 Å². The van der Waals surface area contributed by atoms with Gasteiger partial charge in [-0.25, -0.2) is 4.39 Å². The number of unbranched alkanes of at least 4 members (excludes halogenated alkanes) is 2. The molecule has 0 bridgehead atoms. The number of hydrogen-bond donors (Lipinski definition) is 0. The molecule has 0 unspecified atom stereocenters. The second kappa shape index (κ2) is 9.21. The first-order valence-corrected chi connectivity index (χ1v) is 10.1. The average molecular weight is 355 g/mol. The van der Waals surface area contributed by atoms with E-state index in [9.17, 15) is 4.39 Å². The third-order valence-electron chi connectivity index (χ3n) is 5.93. The van der Waals surface area contributed by atoms with Crippen LogP contribution < -0.4 is 4.74 Å². The van der Waals surface area contributed by atoms with E-state index in [4.69, 9.17) is 4.74 Å². The van der Waals surface area contributed by atoms with E-state index in [1.165, 1.54) is 64.0 Å². The van der Waals surface area contributed by atoms with Crippen molar-refractivity contribution in [1.82, 2.24) is 0 Å². The summed E-state index contributed by atoms with van der Waals surface area (Å²) in [5.41, 5.74) is 3.40. The lowest BCUT2D eigenvalue weighted by Gasteiger charge is -2.29. The van der Waals surface area contributed by atoms with Crippen LogP contribution in [-0.2, 0) is 0 Å². The van der Waals surface area contributed by atoms with Gasteiger partial charge < -0.3 is 4.74 Å². The number of methoxy groups -OCH3 is 1. The fourth-order valence-corrected chi connectivity index (χ4v) is 4.26. The normalized spacial score (nSPS) is 20.1. The summed E-state index contributed by atoms with van der Waals surface area (Å²) in [5.74, 6) is 1.62. The highest BCUT2D eigenvalue weighted by atomic mass is 19.1. The smallest absolute Gasteiger partial charge is 0.165 e. The molecule has 0 spiro atoms. The molecule has 2 heteroatoms. The van der Waals surface area contributed by atoms with Gasteiger partial charge in [-0.3, -0.25) is 0 Å². The Morgan fingerprint density at radius 2 is 1.62 bits per heavy atom. The lowest BCUT2D eigenvalue weighted by Crippen LogP contribution is -2.13. The predicted molar refractivity (Wildman–Crippen MR) is 107 cm³/mol. The Morgan fingerprint density at radius 1 is 0.923 bits per heavy atom. The Labute approximate surface area is 157 Å². The molecule has 140 valence electrons. The molecule has 3 rings (SSSR count). The second-order valence-corrected chi connectivity index (χ2v) is 7.68. The van der Waals surface area contributed by atoms with Gasteiger partial charge in [-0.2, -0.15) is 0 Å². The topological polar surface area (TPSA) is 9.23 Å². The lowest BCUT2D eigenvalue weighted by molar-refractivity contribution is 0.303. The quantitative estimate of drug-likeness (QED) is 0.472.